The van der Waals surface area contributed by atoms with Gasteiger partial charge in [0.1, 0.15) is 0 Å². The van der Waals surface area contributed by atoms with E-state index in [4.69, 9.17) is 0 Å². The molecule has 110 valence electrons. The van der Waals surface area contributed by atoms with Crippen LogP contribution in [-0.2, 0) is 4.79 Å². The predicted molar refractivity (Wildman–Crippen MR) is 75.8 cm³/mol. The van der Waals surface area contributed by atoms with Crippen molar-refractivity contribution in [2.45, 2.75) is 58.0 Å². The van der Waals surface area contributed by atoms with Gasteiger partial charge in [-0.2, -0.15) is 0 Å². The van der Waals surface area contributed by atoms with Crippen molar-refractivity contribution in [3.63, 3.8) is 0 Å². The first-order chi connectivity index (χ1) is 9.11. The largest absolute Gasteiger partial charge is 0.395 e. The van der Waals surface area contributed by atoms with Crippen molar-refractivity contribution in [2.75, 3.05) is 19.7 Å². The highest BCUT2D eigenvalue weighted by molar-refractivity contribution is 5.78. The third-order valence-corrected chi connectivity index (χ3v) is 5.11. The van der Waals surface area contributed by atoms with E-state index in [9.17, 15) is 9.90 Å². The third-order valence-electron chi connectivity index (χ3n) is 5.11. The molecule has 0 radical (unpaired) electrons. The van der Waals surface area contributed by atoms with Crippen LogP contribution in [0.15, 0.2) is 0 Å². The lowest BCUT2D eigenvalue weighted by atomic mass is 9.78. The zero-order valence-electron chi connectivity index (χ0n) is 12.3. The minimum atomic E-state index is 0.131. The van der Waals surface area contributed by atoms with Gasteiger partial charge in [-0.3, -0.25) is 9.69 Å². The van der Waals surface area contributed by atoms with Crippen LogP contribution in [0.2, 0.25) is 0 Å². The zero-order valence-corrected chi connectivity index (χ0v) is 12.3. The van der Waals surface area contributed by atoms with Crippen molar-refractivity contribution in [3.8, 4) is 0 Å². The summed E-state index contributed by atoms with van der Waals surface area (Å²) in [6.07, 6.45) is 5.72. The second kappa shape index (κ2) is 6.71. The molecule has 4 nitrogen and oxygen atoms in total. The van der Waals surface area contributed by atoms with E-state index in [1.165, 1.54) is 12.8 Å². The van der Waals surface area contributed by atoms with E-state index in [-0.39, 0.29) is 18.6 Å². The summed E-state index contributed by atoms with van der Waals surface area (Å²) in [6, 6.07) is 0.528. The van der Waals surface area contributed by atoms with Crippen molar-refractivity contribution in [1.82, 2.24) is 10.2 Å². The van der Waals surface area contributed by atoms with Gasteiger partial charge in [-0.15, -0.1) is 0 Å². The van der Waals surface area contributed by atoms with Crippen LogP contribution in [-0.4, -0.2) is 47.7 Å². The second-order valence-corrected chi connectivity index (χ2v) is 6.39. The van der Waals surface area contributed by atoms with Crippen LogP contribution in [0, 0.1) is 11.8 Å². The number of hydrogen-bond donors (Lipinski definition) is 2. The number of nitrogens with one attached hydrogen (secondary N) is 1. The van der Waals surface area contributed by atoms with E-state index < -0.39 is 0 Å². The molecule has 1 aliphatic carbocycles. The Kier molecular flexibility index (Phi) is 5.22. The number of hydrogen-bond acceptors (Lipinski definition) is 3. The molecule has 1 saturated carbocycles. The van der Waals surface area contributed by atoms with Gasteiger partial charge in [0, 0.05) is 12.1 Å². The average Bonchev–Trinajstić information content (AvgIpc) is 2.82. The number of nitrogens with zero attached hydrogens (tertiary/aromatic N) is 1. The Labute approximate surface area is 116 Å². The lowest BCUT2D eigenvalue weighted by molar-refractivity contribution is -0.124. The van der Waals surface area contributed by atoms with Gasteiger partial charge in [0.25, 0.3) is 0 Å². The summed E-state index contributed by atoms with van der Waals surface area (Å²) < 4.78 is 0. The quantitative estimate of drug-likeness (QED) is 0.810. The predicted octanol–water partition coefficient (Wildman–Crippen LogP) is 1.38. The standard InChI is InChI=1S/C15H28N2O2/c1-11-5-3-7-14(12(11)2)16-15(19)9-17-8-4-6-13(17)10-18/h11-14,18H,3-10H2,1-2H3,(H,16,19)/t11?,12?,13-,14?/m0/s1. The van der Waals surface area contributed by atoms with Crippen molar-refractivity contribution >= 4 is 5.91 Å². The number of aliphatic hydroxyl groups excluding tert-OH is 1. The first kappa shape index (κ1) is 14.8. The number of rotatable bonds is 4. The van der Waals surface area contributed by atoms with Gasteiger partial charge in [0.05, 0.1) is 13.2 Å². The maximum Gasteiger partial charge on any atom is 0.234 e. The molecule has 0 aromatic heterocycles. The van der Waals surface area contributed by atoms with E-state index >= 15 is 0 Å². The highest BCUT2D eigenvalue weighted by atomic mass is 16.3. The Bertz CT molecular complexity index is 309. The molecule has 0 aromatic carbocycles. The lowest BCUT2D eigenvalue weighted by Crippen LogP contribution is -2.48. The Morgan fingerprint density at radius 3 is 2.79 bits per heavy atom. The molecular weight excluding hydrogens is 240 g/mol. The zero-order chi connectivity index (χ0) is 13.8. The van der Waals surface area contributed by atoms with Crippen molar-refractivity contribution in [1.29, 1.82) is 0 Å². The highest BCUT2D eigenvalue weighted by Gasteiger charge is 2.30. The first-order valence-electron chi connectivity index (χ1n) is 7.76. The van der Waals surface area contributed by atoms with E-state index in [1.807, 2.05) is 0 Å². The van der Waals surface area contributed by atoms with Crippen LogP contribution >= 0.6 is 0 Å². The number of carbonyl (C=O) groups is 1. The van der Waals surface area contributed by atoms with Crippen LogP contribution in [0.25, 0.3) is 0 Å². The normalized spacial score (nSPS) is 36.4. The molecule has 0 bridgehead atoms. The Balaban J connectivity index is 1.80. The highest BCUT2D eigenvalue weighted by Crippen LogP contribution is 2.29. The molecule has 19 heavy (non-hydrogen) atoms. The minimum absolute atomic E-state index is 0.131. The monoisotopic (exact) mass is 268 g/mol. The SMILES string of the molecule is CC1CCCC(NC(=O)CN2CCC[C@H]2CO)C1C. The molecule has 2 rings (SSSR count). The fourth-order valence-electron chi connectivity index (χ4n) is 3.53. The molecule has 1 heterocycles. The van der Waals surface area contributed by atoms with Gasteiger partial charge < -0.3 is 10.4 Å². The molecular formula is C15H28N2O2. The molecule has 1 aliphatic heterocycles. The van der Waals surface area contributed by atoms with E-state index in [1.54, 1.807) is 0 Å². The summed E-state index contributed by atoms with van der Waals surface area (Å²) in [5.41, 5.74) is 0. The van der Waals surface area contributed by atoms with Gasteiger partial charge in [-0.25, -0.2) is 0 Å². The van der Waals surface area contributed by atoms with Crippen LogP contribution in [0.3, 0.4) is 0 Å². The Hall–Kier alpha value is -0.610. The fraction of sp³-hybridized carbons (Fsp3) is 0.933. The van der Waals surface area contributed by atoms with Gasteiger partial charge in [-0.05, 0) is 37.6 Å². The molecule has 4 heteroatoms. The van der Waals surface area contributed by atoms with Crippen LogP contribution in [0.5, 0.6) is 0 Å². The number of likely N-dealkylation sites (tertiary alicyclic amines) is 1. The maximum atomic E-state index is 12.1. The summed E-state index contributed by atoms with van der Waals surface area (Å²) in [4.78, 5) is 14.3. The Morgan fingerprint density at radius 2 is 2.05 bits per heavy atom. The van der Waals surface area contributed by atoms with Crippen molar-refractivity contribution in [2.24, 2.45) is 11.8 Å². The molecule has 0 spiro atoms. The topological polar surface area (TPSA) is 52.6 Å². The minimum Gasteiger partial charge on any atom is -0.395 e. The van der Waals surface area contributed by atoms with Gasteiger partial charge >= 0.3 is 0 Å². The summed E-state index contributed by atoms with van der Waals surface area (Å²) in [5.74, 6) is 1.41. The lowest BCUT2D eigenvalue weighted by Gasteiger charge is -2.35. The molecule has 2 fully saturated rings. The molecule has 3 unspecified atom stereocenters. The maximum absolute atomic E-state index is 12.1. The summed E-state index contributed by atoms with van der Waals surface area (Å²) in [5, 5.41) is 12.5. The summed E-state index contributed by atoms with van der Waals surface area (Å²) in [7, 11) is 0. The molecule has 1 saturated heterocycles. The van der Waals surface area contributed by atoms with Crippen LogP contribution in [0.1, 0.15) is 46.0 Å². The average molecular weight is 268 g/mol. The van der Waals surface area contributed by atoms with E-state index in [0.29, 0.717) is 24.4 Å². The smallest absolute Gasteiger partial charge is 0.234 e. The van der Waals surface area contributed by atoms with Gasteiger partial charge in [0.15, 0.2) is 0 Å². The number of amides is 1. The van der Waals surface area contributed by atoms with Gasteiger partial charge in [0.2, 0.25) is 5.91 Å². The molecule has 2 aliphatic rings. The fourth-order valence-corrected chi connectivity index (χ4v) is 3.53. The van der Waals surface area contributed by atoms with Crippen LogP contribution in [0.4, 0.5) is 0 Å². The number of aliphatic hydroxyl groups is 1. The van der Waals surface area contributed by atoms with Crippen LogP contribution < -0.4 is 5.32 Å². The second-order valence-electron chi connectivity index (χ2n) is 6.39. The van der Waals surface area contributed by atoms with Crippen molar-refractivity contribution in [3.05, 3.63) is 0 Å². The first-order valence-corrected chi connectivity index (χ1v) is 7.76. The molecule has 2 N–H and O–H groups in total. The van der Waals surface area contributed by atoms with Gasteiger partial charge in [-0.1, -0.05) is 26.7 Å². The summed E-state index contributed by atoms with van der Waals surface area (Å²) >= 11 is 0. The van der Waals surface area contributed by atoms with E-state index in [0.717, 1.165) is 25.8 Å². The molecule has 0 aromatic rings. The number of carbonyl (C=O) groups excluding carboxylic acids is 1. The molecule has 1 amide bonds. The van der Waals surface area contributed by atoms with Crippen molar-refractivity contribution < 1.29 is 9.90 Å². The molecule has 4 atom stereocenters. The summed E-state index contributed by atoms with van der Waals surface area (Å²) in [6.45, 7) is 6.09. The third kappa shape index (κ3) is 3.69. The van der Waals surface area contributed by atoms with E-state index in [2.05, 4.69) is 24.1 Å². The Morgan fingerprint density at radius 1 is 1.26 bits per heavy atom.